The summed E-state index contributed by atoms with van der Waals surface area (Å²) in [4.78, 5) is 11.5. The third kappa shape index (κ3) is 39.5. The van der Waals surface area contributed by atoms with Gasteiger partial charge in [-0.3, -0.25) is 4.79 Å². The number of ether oxygens (including phenoxy) is 12. The number of carbonyl (C=O) groups excluding carboxylic acids is 1. The van der Waals surface area contributed by atoms with Crippen molar-refractivity contribution >= 4 is 21.9 Å². The predicted octanol–water partition coefficient (Wildman–Crippen LogP) is 2.30. The monoisotopic (exact) mass is 692 g/mol. The zero-order chi connectivity index (χ0) is 31.5. The molecule has 0 rings (SSSR count). The van der Waals surface area contributed by atoms with Crippen LogP contribution in [0.1, 0.15) is 27.2 Å². The van der Waals surface area contributed by atoms with Crippen LogP contribution in [0.25, 0.3) is 0 Å². The molecule has 0 aromatic heterocycles. The SMILES string of the molecule is CC(C)(C)OC(=O)CCOCCOCCOCCOCCOCCOCCOCCOCCOCCOCCOCCBr. The lowest BCUT2D eigenvalue weighted by Crippen LogP contribution is -2.24. The molecular weight excluding hydrogens is 636 g/mol. The summed E-state index contributed by atoms with van der Waals surface area (Å²) < 4.78 is 64.8. The van der Waals surface area contributed by atoms with Crippen LogP contribution >= 0.6 is 15.9 Å². The lowest BCUT2D eigenvalue weighted by atomic mass is 10.2. The van der Waals surface area contributed by atoms with Crippen molar-refractivity contribution < 1.29 is 61.6 Å². The Bertz CT molecular complexity index is 567. The van der Waals surface area contributed by atoms with E-state index < -0.39 is 5.60 Å². The van der Waals surface area contributed by atoms with Gasteiger partial charge < -0.3 is 56.8 Å². The molecule has 0 bridgehead atoms. The molecule has 0 aromatic rings. The quantitative estimate of drug-likeness (QED) is 0.0548. The Morgan fingerprint density at radius 2 is 0.605 bits per heavy atom. The van der Waals surface area contributed by atoms with Crippen molar-refractivity contribution in [2.45, 2.75) is 32.8 Å². The van der Waals surface area contributed by atoms with Crippen molar-refractivity contribution in [3.63, 3.8) is 0 Å². The second-order valence-corrected chi connectivity index (χ2v) is 10.6. The van der Waals surface area contributed by atoms with Gasteiger partial charge in [-0.2, -0.15) is 0 Å². The van der Waals surface area contributed by atoms with E-state index in [2.05, 4.69) is 15.9 Å². The topological polar surface area (TPSA) is 128 Å². The van der Waals surface area contributed by atoms with E-state index in [1.54, 1.807) is 0 Å². The third-order valence-corrected chi connectivity index (χ3v) is 5.14. The van der Waals surface area contributed by atoms with Gasteiger partial charge in [0.15, 0.2) is 0 Å². The van der Waals surface area contributed by atoms with Gasteiger partial charge in [-0.15, -0.1) is 0 Å². The van der Waals surface area contributed by atoms with Crippen molar-refractivity contribution in [2.75, 3.05) is 151 Å². The number of halogens is 1. The molecule has 0 heterocycles. The Labute approximate surface area is 266 Å². The fourth-order valence-electron chi connectivity index (χ4n) is 2.90. The van der Waals surface area contributed by atoms with E-state index in [1.807, 2.05) is 20.8 Å². The number of esters is 1. The van der Waals surface area contributed by atoms with Gasteiger partial charge in [0, 0.05) is 5.33 Å². The molecule has 0 spiro atoms. The molecule has 43 heavy (non-hydrogen) atoms. The van der Waals surface area contributed by atoms with E-state index >= 15 is 0 Å². The van der Waals surface area contributed by atoms with Gasteiger partial charge in [-0.05, 0) is 20.8 Å². The highest BCUT2D eigenvalue weighted by Gasteiger charge is 2.15. The van der Waals surface area contributed by atoms with E-state index in [0.717, 1.165) is 5.33 Å². The summed E-state index contributed by atoms with van der Waals surface area (Å²) in [5.41, 5.74) is -0.472. The molecule has 0 atom stereocenters. The zero-order valence-electron chi connectivity index (χ0n) is 26.7. The summed E-state index contributed by atoms with van der Waals surface area (Å²) >= 11 is 3.30. The fraction of sp³-hybridized carbons (Fsp3) is 0.966. The Hall–Kier alpha value is -0.490. The number of alkyl halides is 1. The van der Waals surface area contributed by atoms with E-state index in [0.29, 0.717) is 145 Å². The minimum atomic E-state index is -0.472. The Morgan fingerprint density at radius 1 is 0.395 bits per heavy atom. The molecule has 0 aliphatic rings. The van der Waals surface area contributed by atoms with Crippen LogP contribution in [0.5, 0.6) is 0 Å². The fourth-order valence-corrected chi connectivity index (χ4v) is 3.13. The highest BCUT2D eigenvalue weighted by Crippen LogP contribution is 2.08. The molecule has 0 saturated heterocycles. The van der Waals surface area contributed by atoms with Crippen LogP contribution in [0.15, 0.2) is 0 Å². The maximum atomic E-state index is 11.5. The largest absolute Gasteiger partial charge is 0.460 e. The molecule has 0 amide bonds. The summed E-state index contributed by atoms with van der Waals surface area (Å²) in [6.45, 7) is 16.7. The first-order chi connectivity index (χ1) is 21.0. The van der Waals surface area contributed by atoms with Crippen LogP contribution in [0.3, 0.4) is 0 Å². The maximum absolute atomic E-state index is 11.5. The molecule has 14 heteroatoms. The molecule has 13 nitrogen and oxygen atoms in total. The van der Waals surface area contributed by atoms with Gasteiger partial charge in [0.1, 0.15) is 5.60 Å². The summed E-state index contributed by atoms with van der Waals surface area (Å²) in [6.07, 6.45) is 0.233. The molecule has 0 aromatic carbocycles. The number of carbonyl (C=O) groups is 1. The van der Waals surface area contributed by atoms with Gasteiger partial charge in [-0.25, -0.2) is 0 Å². The van der Waals surface area contributed by atoms with Gasteiger partial charge in [-0.1, -0.05) is 15.9 Å². The lowest BCUT2D eigenvalue weighted by molar-refractivity contribution is -0.156. The molecule has 258 valence electrons. The first-order valence-electron chi connectivity index (χ1n) is 15.1. The Kier molecular flexibility index (Phi) is 34.0. The number of hydrogen-bond donors (Lipinski definition) is 0. The smallest absolute Gasteiger partial charge is 0.308 e. The van der Waals surface area contributed by atoms with Crippen molar-refractivity contribution in [3.8, 4) is 0 Å². The average Bonchev–Trinajstić information content (AvgIpc) is 2.96. The predicted molar refractivity (Wildman–Crippen MR) is 163 cm³/mol. The highest BCUT2D eigenvalue weighted by atomic mass is 79.9. The molecule has 0 radical (unpaired) electrons. The molecule has 0 N–H and O–H groups in total. The van der Waals surface area contributed by atoms with Gasteiger partial charge in [0.2, 0.25) is 0 Å². The summed E-state index contributed by atoms with van der Waals surface area (Å²) in [5, 5.41) is 0.835. The third-order valence-electron chi connectivity index (χ3n) is 4.81. The molecule has 0 aliphatic heterocycles. The molecule has 0 fully saturated rings. The number of hydrogen-bond acceptors (Lipinski definition) is 13. The van der Waals surface area contributed by atoms with Gasteiger partial charge in [0.05, 0.1) is 152 Å². The minimum absolute atomic E-state index is 0.233. The molecule has 0 unspecified atom stereocenters. The van der Waals surface area contributed by atoms with E-state index in [4.69, 9.17) is 56.8 Å². The van der Waals surface area contributed by atoms with Crippen molar-refractivity contribution in [2.24, 2.45) is 0 Å². The molecular formula is C29H57BrO13. The second kappa shape index (κ2) is 34.4. The maximum Gasteiger partial charge on any atom is 0.308 e. The average molecular weight is 694 g/mol. The normalized spacial score (nSPS) is 11.8. The van der Waals surface area contributed by atoms with E-state index in [1.165, 1.54) is 0 Å². The van der Waals surface area contributed by atoms with E-state index in [9.17, 15) is 4.79 Å². The molecule has 0 aliphatic carbocycles. The Morgan fingerprint density at radius 3 is 0.814 bits per heavy atom. The summed E-state index contributed by atoms with van der Waals surface area (Å²) in [5.74, 6) is -0.264. The van der Waals surface area contributed by atoms with Crippen LogP contribution < -0.4 is 0 Å². The van der Waals surface area contributed by atoms with Crippen LogP contribution in [0.4, 0.5) is 0 Å². The summed E-state index contributed by atoms with van der Waals surface area (Å²) in [7, 11) is 0. The zero-order valence-corrected chi connectivity index (χ0v) is 28.2. The first kappa shape index (κ1) is 42.5. The van der Waals surface area contributed by atoms with Crippen molar-refractivity contribution in [1.29, 1.82) is 0 Å². The van der Waals surface area contributed by atoms with Gasteiger partial charge in [0.25, 0.3) is 0 Å². The molecule has 0 saturated carbocycles. The van der Waals surface area contributed by atoms with Crippen molar-refractivity contribution in [3.05, 3.63) is 0 Å². The standard InChI is InChI=1S/C29H57BrO13/c1-29(2,3)43-28(31)4-6-32-8-10-34-12-14-36-16-18-38-20-22-40-24-26-42-27-25-41-23-21-39-19-17-37-15-13-35-11-9-33-7-5-30/h4-27H2,1-3H3. The number of rotatable bonds is 35. The second-order valence-electron chi connectivity index (χ2n) is 9.76. The van der Waals surface area contributed by atoms with Crippen LogP contribution in [-0.2, 0) is 61.6 Å². The van der Waals surface area contributed by atoms with Gasteiger partial charge >= 0.3 is 5.97 Å². The lowest BCUT2D eigenvalue weighted by Gasteiger charge is -2.19. The summed E-state index contributed by atoms with van der Waals surface area (Å²) in [6, 6.07) is 0. The highest BCUT2D eigenvalue weighted by molar-refractivity contribution is 9.09. The van der Waals surface area contributed by atoms with Crippen LogP contribution in [0.2, 0.25) is 0 Å². The van der Waals surface area contributed by atoms with Crippen LogP contribution in [-0.4, -0.2) is 162 Å². The first-order valence-corrected chi connectivity index (χ1v) is 16.2. The van der Waals surface area contributed by atoms with E-state index in [-0.39, 0.29) is 12.4 Å². The Balaban J connectivity index is 3.09. The van der Waals surface area contributed by atoms with Crippen LogP contribution in [0, 0.1) is 0 Å². The van der Waals surface area contributed by atoms with Crippen molar-refractivity contribution in [1.82, 2.24) is 0 Å². The minimum Gasteiger partial charge on any atom is -0.460 e.